The van der Waals surface area contributed by atoms with E-state index in [1.165, 1.54) is 31.6 Å². The smallest absolute Gasteiger partial charge is 0.303 e. The second-order valence-electron chi connectivity index (χ2n) is 23.1. The second-order valence-corrected chi connectivity index (χ2v) is 23.1. The SMILES string of the molecule is CC(=O)O[C@@H](C)/C=C\C(=O)N[C@@H]1C[C@H](C)[C@H](C/C=C(C)/C=C/[C@@H]2C[C@]3(CO3)C[C@@H](CN)O2)O[C@@H]1C.CCCC(=O)NC[C@@H]1C[C@@]2(CO2)C[C@@H](/C=C/C(C)=C/C[C@@H]2O[C@H](C)[C@H](NC(=O)/C=C\[C@H](C)OC(C)=O)C[C@@H]2C)O1.CCCC(=O)O. The summed E-state index contributed by atoms with van der Waals surface area (Å²) in [6.45, 7) is 25.0. The van der Waals surface area contributed by atoms with Crippen molar-refractivity contribution in [1.82, 2.24) is 16.0 Å². The molecule has 19 heteroatoms. The third kappa shape index (κ3) is 26.0. The lowest BCUT2D eigenvalue weighted by Gasteiger charge is -2.39. The van der Waals surface area contributed by atoms with Crippen LogP contribution >= 0.6 is 0 Å². The first kappa shape index (κ1) is 68.5. The van der Waals surface area contributed by atoms with E-state index >= 15 is 0 Å². The number of esters is 2. The Morgan fingerprint density at radius 3 is 1.42 bits per heavy atom. The number of allylic oxidation sites excluding steroid dienone is 4. The van der Waals surface area contributed by atoms with Crippen LogP contribution in [0.15, 0.2) is 71.9 Å². The number of aliphatic carboxylic acids is 1. The minimum atomic E-state index is -0.711. The van der Waals surface area contributed by atoms with Crippen LogP contribution in [0.1, 0.15) is 160 Å². The maximum Gasteiger partial charge on any atom is 0.303 e. The first-order valence-corrected chi connectivity index (χ1v) is 29.4. The van der Waals surface area contributed by atoms with E-state index in [4.69, 9.17) is 48.7 Å². The summed E-state index contributed by atoms with van der Waals surface area (Å²) in [5.41, 5.74) is 8.02. The van der Waals surface area contributed by atoms with Gasteiger partial charge >= 0.3 is 17.9 Å². The van der Waals surface area contributed by atoms with Gasteiger partial charge in [0.05, 0.1) is 85.3 Å². The van der Waals surface area contributed by atoms with Crippen LogP contribution in [0.25, 0.3) is 0 Å². The van der Waals surface area contributed by atoms with Crippen LogP contribution in [0.3, 0.4) is 0 Å². The van der Waals surface area contributed by atoms with Gasteiger partial charge in [-0.25, -0.2) is 0 Å². The predicted octanol–water partition coefficient (Wildman–Crippen LogP) is 7.75. The molecule has 2 spiro atoms. The Labute approximate surface area is 482 Å². The summed E-state index contributed by atoms with van der Waals surface area (Å²) in [7, 11) is 0. The molecule has 81 heavy (non-hydrogen) atoms. The molecule has 456 valence electrons. The van der Waals surface area contributed by atoms with Crippen molar-refractivity contribution in [3.63, 3.8) is 0 Å². The number of hydrogen-bond acceptors (Lipinski definition) is 15. The Kier molecular flexibility index (Phi) is 28.7. The first-order valence-electron chi connectivity index (χ1n) is 29.4. The molecule has 6 N–H and O–H groups in total. The number of rotatable bonds is 23. The highest BCUT2D eigenvalue weighted by molar-refractivity contribution is 5.88. The summed E-state index contributed by atoms with van der Waals surface area (Å²) in [6, 6.07) is -0.152. The van der Waals surface area contributed by atoms with Gasteiger partial charge in [-0.05, 0) is 104 Å². The first-order chi connectivity index (χ1) is 38.3. The molecule has 0 unspecified atom stereocenters. The van der Waals surface area contributed by atoms with Crippen molar-refractivity contribution in [2.75, 3.05) is 26.3 Å². The molecule has 6 aliphatic heterocycles. The highest BCUT2D eigenvalue weighted by Gasteiger charge is 2.52. The zero-order valence-electron chi connectivity index (χ0n) is 50.4. The quantitative estimate of drug-likeness (QED) is 0.0283. The van der Waals surface area contributed by atoms with Crippen LogP contribution in [0.4, 0.5) is 0 Å². The Balaban J connectivity index is 0.000000318. The molecule has 6 saturated heterocycles. The molecule has 0 radical (unpaired) electrons. The zero-order chi connectivity index (χ0) is 59.9. The number of carbonyl (C=O) groups is 6. The molecule has 0 aliphatic carbocycles. The van der Waals surface area contributed by atoms with E-state index in [1.807, 2.05) is 27.7 Å². The fraction of sp³-hybridized carbons (Fsp3) is 0.710. The molecule has 0 aromatic heterocycles. The molecule has 6 fully saturated rings. The average Bonchev–Trinajstić information content (AvgIpc) is 4.53. The zero-order valence-corrected chi connectivity index (χ0v) is 50.4. The van der Waals surface area contributed by atoms with Gasteiger partial charge in [0.1, 0.15) is 12.2 Å². The number of hydrogen-bond donors (Lipinski definition) is 5. The van der Waals surface area contributed by atoms with Crippen molar-refractivity contribution < 1.29 is 71.8 Å². The fourth-order valence-corrected chi connectivity index (χ4v) is 10.5. The molecule has 0 saturated carbocycles. The van der Waals surface area contributed by atoms with E-state index in [0.29, 0.717) is 31.8 Å². The largest absolute Gasteiger partial charge is 0.481 e. The summed E-state index contributed by atoms with van der Waals surface area (Å²) in [5.74, 6) is -1.26. The second kappa shape index (κ2) is 33.9. The molecule has 16 atom stereocenters. The number of carboxylic acid groups (broad SMARTS) is 1. The highest BCUT2D eigenvalue weighted by atomic mass is 16.6. The molecular formula is C62H98N4O15. The minimum absolute atomic E-state index is 0.0151. The van der Waals surface area contributed by atoms with Crippen LogP contribution in [0.5, 0.6) is 0 Å². The van der Waals surface area contributed by atoms with Crippen LogP contribution in [-0.4, -0.2) is 151 Å². The fourth-order valence-electron chi connectivity index (χ4n) is 10.5. The Morgan fingerprint density at radius 1 is 0.630 bits per heavy atom. The monoisotopic (exact) mass is 1140 g/mol. The van der Waals surface area contributed by atoms with E-state index in [1.54, 1.807) is 26.0 Å². The maximum absolute atomic E-state index is 12.4. The number of amides is 3. The van der Waals surface area contributed by atoms with Crippen molar-refractivity contribution in [3.05, 3.63) is 71.9 Å². The molecule has 6 aliphatic rings. The minimum Gasteiger partial charge on any atom is -0.481 e. The van der Waals surface area contributed by atoms with Gasteiger partial charge in [-0.1, -0.05) is 75.3 Å². The standard InChI is InChI=1S/C31H48N2O7.C27H42N2O6.C4H8O2/c1-7-8-29(35)32-18-26-17-31(19-37-31)16-25(40-26)12-9-20(2)10-13-28-21(3)15-27(23(5)39-28)33-30(36)14-11-22(4)38-24(6)34;1-17(6-9-22-13-27(16-32-27)14-23(15-28)35-22)7-10-25-18(2)12-24(20(4)34-25)29-26(31)11-8-19(3)33-21(5)30;1-2-3-4(5)6/h9-12,14,21-23,25-28H,7-8,13,15-19H2,1-6H3,(H,32,35)(H,33,36);6-9,11,18-20,22-25H,10,12-16,28H2,1-5H3,(H,29,31);2-3H2,1H3,(H,5,6)/b12-9+,14-11-,20-10+;9-6+,11-8-,17-7+;/t21-,22-,23+,25+,26-,27+,28-,31+;18-,19-,20+,22+,23-,24+,25-,27+;/m00./s1. The van der Waals surface area contributed by atoms with E-state index in [9.17, 15) is 28.8 Å². The Hall–Kier alpha value is -5.02. The van der Waals surface area contributed by atoms with Crippen molar-refractivity contribution in [1.29, 1.82) is 0 Å². The number of nitrogens with one attached hydrogen (secondary N) is 3. The molecule has 19 nitrogen and oxygen atoms in total. The third-order valence-electron chi connectivity index (χ3n) is 15.2. The van der Waals surface area contributed by atoms with E-state index in [-0.39, 0.29) is 108 Å². The van der Waals surface area contributed by atoms with Crippen LogP contribution < -0.4 is 21.7 Å². The van der Waals surface area contributed by atoms with Gasteiger partial charge in [-0.15, -0.1) is 0 Å². The Morgan fingerprint density at radius 2 is 1.05 bits per heavy atom. The summed E-state index contributed by atoms with van der Waals surface area (Å²) in [6.07, 6.45) is 26.9. The molecule has 3 amide bonds. The molecule has 6 heterocycles. The summed E-state index contributed by atoms with van der Waals surface area (Å²) >= 11 is 0. The van der Waals surface area contributed by atoms with Crippen molar-refractivity contribution >= 4 is 35.6 Å². The van der Waals surface area contributed by atoms with Crippen LogP contribution in [0, 0.1) is 11.8 Å². The van der Waals surface area contributed by atoms with Crippen molar-refractivity contribution in [3.8, 4) is 0 Å². The van der Waals surface area contributed by atoms with Gasteiger partial charge in [-0.3, -0.25) is 28.8 Å². The molecule has 0 aromatic rings. The van der Waals surface area contributed by atoms with E-state index in [0.717, 1.165) is 83.0 Å². The molecular weight excluding hydrogens is 1040 g/mol. The molecule has 0 bridgehead atoms. The normalized spacial score (nSPS) is 32.8. The molecule has 0 aromatic carbocycles. The average molecular weight is 1140 g/mol. The third-order valence-corrected chi connectivity index (χ3v) is 15.2. The lowest BCUT2D eigenvalue weighted by atomic mass is 9.88. The highest BCUT2D eigenvalue weighted by Crippen LogP contribution is 2.43. The van der Waals surface area contributed by atoms with Gasteiger partial charge in [0.15, 0.2) is 0 Å². The molecule has 6 rings (SSSR count). The van der Waals surface area contributed by atoms with Gasteiger partial charge in [0, 0.05) is 77.6 Å². The van der Waals surface area contributed by atoms with E-state index in [2.05, 4.69) is 80.1 Å². The summed E-state index contributed by atoms with van der Waals surface area (Å²) in [4.78, 5) is 68.2. The number of carboxylic acids is 1. The summed E-state index contributed by atoms with van der Waals surface area (Å²) < 4.78 is 46.4. The number of epoxide rings is 2. The number of nitrogens with two attached hydrogens (primary N) is 1. The predicted molar refractivity (Wildman–Crippen MR) is 309 cm³/mol. The topological polar surface area (TPSA) is 265 Å². The van der Waals surface area contributed by atoms with E-state index < -0.39 is 18.2 Å². The van der Waals surface area contributed by atoms with Gasteiger partial charge in [0.25, 0.3) is 0 Å². The lowest BCUT2D eigenvalue weighted by Crippen LogP contribution is -2.50. The van der Waals surface area contributed by atoms with Crippen molar-refractivity contribution in [2.24, 2.45) is 17.6 Å². The van der Waals surface area contributed by atoms with Gasteiger partial charge in [0.2, 0.25) is 17.7 Å². The number of carbonyl (C=O) groups excluding carboxylic acids is 5. The van der Waals surface area contributed by atoms with Crippen LogP contribution in [0.2, 0.25) is 0 Å². The van der Waals surface area contributed by atoms with Crippen LogP contribution in [-0.2, 0) is 66.7 Å². The number of ether oxygens (including phenoxy) is 8. The van der Waals surface area contributed by atoms with Gasteiger partial charge in [-0.2, -0.15) is 0 Å². The Bertz CT molecular complexity index is 2230. The van der Waals surface area contributed by atoms with Crippen molar-refractivity contribution in [2.45, 2.75) is 244 Å². The lowest BCUT2D eigenvalue weighted by molar-refractivity contribution is -0.144. The maximum atomic E-state index is 12.4. The summed E-state index contributed by atoms with van der Waals surface area (Å²) in [5, 5.41) is 16.9. The van der Waals surface area contributed by atoms with Gasteiger partial charge < -0.3 is 64.7 Å².